The molecule has 124 valence electrons. The molecule has 2 atom stereocenters. The third-order valence-electron chi connectivity index (χ3n) is 4.70. The second-order valence-electron chi connectivity index (χ2n) is 6.19. The fraction of sp³-hybridized carbons (Fsp3) is 0.421. The molecule has 5 heteroatoms. The number of unbranched alkanes of at least 4 members (excludes halogenated alkanes) is 1. The number of hydrogen-bond donors (Lipinski definition) is 0. The van der Waals surface area contributed by atoms with Gasteiger partial charge in [0.15, 0.2) is 0 Å². The van der Waals surface area contributed by atoms with Gasteiger partial charge in [-0.05, 0) is 36.5 Å². The zero-order valence-corrected chi connectivity index (χ0v) is 14.1. The highest BCUT2D eigenvalue weighted by molar-refractivity contribution is 5.93. The molecular formula is C19H22N4O. The van der Waals surface area contributed by atoms with Crippen LogP contribution in [0.25, 0.3) is 0 Å². The van der Waals surface area contributed by atoms with Crippen LogP contribution in [0.3, 0.4) is 0 Å². The summed E-state index contributed by atoms with van der Waals surface area (Å²) in [6, 6.07) is 5.79. The van der Waals surface area contributed by atoms with E-state index in [1.54, 1.807) is 17.1 Å². The van der Waals surface area contributed by atoms with Crippen LogP contribution in [0.15, 0.2) is 30.6 Å². The Labute approximate surface area is 142 Å². The average Bonchev–Trinajstić information content (AvgIpc) is 3.03. The van der Waals surface area contributed by atoms with Crippen molar-refractivity contribution in [2.45, 2.75) is 44.7 Å². The van der Waals surface area contributed by atoms with E-state index in [4.69, 9.17) is 6.42 Å². The van der Waals surface area contributed by atoms with Gasteiger partial charge in [0.05, 0.1) is 11.4 Å². The highest BCUT2D eigenvalue weighted by Gasteiger charge is 2.39. The number of carbonyl (C=O) groups excluding carboxylic acids is 1. The Morgan fingerprint density at radius 2 is 2.25 bits per heavy atom. The average molecular weight is 322 g/mol. The summed E-state index contributed by atoms with van der Waals surface area (Å²) in [5.74, 6) is 2.03. The van der Waals surface area contributed by atoms with Gasteiger partial charge in [0.2, 0.25) is 0 Å². The van der Waals surface area contributed by atoms with Crippen LogP contribution >= 0.6 is 0 Å². The largest absolute Gasteiger partial charge is 0.314 e. The minimum Gasteiger partial charge on any atom is -0.314 e. The van der Waals surface area contributed by atoms with E-state index in [1.807, 2.05) is 24.1 Å². The summed E-state index contributed by atoms with van der Waals surface area (Å²) in [7, 11) is 1.88. The van der Waals surface area contributed by atoms with Crippen molar-refractivity contribution < 1.29 is 4.79 Å². The highest BCUT2D eigenvalue weighted by atomic mass is 16.2. The SMILES string of the molecule is C#CC(=O)N1[C@@H](CCCC)Cc2cccnc2[C@@H]1c1ccnn1C. The van der Waals surface area contributed by atoms with Crippen LogP contribution in [0, 0.1) is 12.3 Å². The van der Waals surface area contributed by atoms with E-state index in [-0.39, 0.29) is 18.0 Å². The highest BCUT2D eigenvalue weighted by Crippen LogP contribution is 2.37. The van der Waals surface area contributed by atoms with Gasteiger partial charge in [-0.15, -0.1) is 6.42 Å². The first-order valence-electron chi connectivity index (χ1n) is 8.38. The van der Waals surface area contributed by atoms with Gasteiger partial charge in [0.25, 0.3) is 5.91 Å². The van der Waals surface area contributed by atoms with Crippen LogP contribution in [0.2, 0.25) is 0 Å². The Hall–Kier alpha value is -2.61. The molecule has 0 saturated carbocycles. The molecule has 0 spiro atoms. The van der Waals surface area contributed by atoms with Gasteiger partial charge in [0, 0.05) is 25.5 Å². The molecule has 0 saturated heterocycles. The van der Waals surface area contributed by atoms with Gasteiger partial charge in [-0.2, -0.15) is 5.10 Å². The smallest absolute Gasteiger partial charge is 0.299 e. The lowest BCUT2D eigenvalue weighted by molar-refractivity contribution is -0.130. The summed E-state index contributed by atoms with van der Waals surface area (Å²) in [6.07, 6.45) is 12.9. The second-order valence-corrected chi connectivity index (χ2v) is 6.19. The Morgan fingerprint density at radius 3 is 2.92 bits per heavy atom. The predicted molar refractivity (Wildman–Crippen MR) is 92.0 cm³/mol. The number of aryl methyl sites for hydroxylation is 1. The summed E-state index contributed by atoms with van der Waals surface area (Å²) in [5.41, 5.74) is 3.02. The van der Waals surface area contributed by atoms with Gasteiger partial charge in [0.1, 0.15) is 6.04 Å². The number of fused-ring (bicyclic) bond motifs is 1. The van der Waals surface area contributed by atoms with Crippen LogP contribution in [-0.4, -0.2) is 31.6 Å². The van der Waals surface area contributed by atoms with E-state index in [0.717, 1.165) is 37.1 Å². The molecule has 1 aliphatic rings. The quantitative estimate of drug-likeness (QED) is 0.813. The van der Waals surface area contributed by atoms with Crippen LogP contribution in [-0.2, 0) is 18.3 Å². The first-order chi connectivity index (χ1) is 11.7. The zero-order valence-electron chi connectivity index (χ0n) is 14.1. The molecule has 0 N–H and O–H groups in total. The maximum absolute atomic E-state index is 12.6. The first-order valence-corrected chi connectivity index (χ1v) is 8.38. The molecule has 1 aliphatic heterocycles. The molecule has 3 heterocycles. The van der Waals surface area contributed by atoms with E-state index in [2.05, 4.69) is 29.0 Å². The third kappa shape index (κ3) is 2.80. The van der Waals surface area contributed by atoms with Crippen molar-refractivity contribution in [1.29, 1.82) is 0 Å². The van der Waals surface area contributed by atoms with Crippen molar-refractivity contribution in [3.63, 3.8) is 0 Å². The summed E-state index contributed by atoms with van der Waals surface area (Å²) in [5, 5.41) is 4.27. The summed E-state index contributed by atoms with van der Waals surface area (Å²) < 4.78 is 1.79. The van der Waals surface area contributed by atoms with E-state index >= 15 is 0 Å². The van der Waals surface area contributed by atoms with Crippen molar-refractivity contribution in [2.24, 2.45) is 7.05 Å². The van der Waals surface area contributed by atoms with Crippen LogP contribution < -0.4 is 0 Å². The molecule has 5 nitrogen and oxygen atoms in total. The monoisotopic (exact) mass is 322 g/mol. The summed E-state index contributed by atoms with van der Waals surface area (Å²) in [4.78, 5) is 19.0. The van der Waals surface area contributed by atoms with E-state index in [9.17, 15) is 4.79 Å². The van der Waals surface area contributed by atoms with Crippen molar-refractivity contribution in [3.8, 4) is 12.3 Å². The molecule has 0 aliphatic carbocycles. The molecule has 2 aromatic heterocycles. The van der Waals surface area contributed by atoms with E-state index in [1.165, 1.54) is 5.56 Å². The van der Waals surface area contributed by atoms with E-state index in [0.29, 0.717) is 0 Å². The number of amides is 1. The van der Waals surface area contributed by atoms with Crippen LogP contribution in [0.4, 0.5) is 0 Å². The molecule has 1 amide bonds. The fourth-order valence-corrected chi connectivity index (χ4v) is 3.54. The first kappa shape index (κ1) is 16.3. The Bertz CT molecular complexity index is 774. The minimum absolute atomic E-state index is 0.0881. The lowest BCUT2D eigenvalue weighted by atomic mass is 9.88. The number of carbonyl (C=O) groups is 1. The number of aromatic nitrogens is 3. The number of pyridine rings is 1. The minimum atomic E-state index is -0.284. The van der Waals surface area contributed by atoms with Gasteiger partial charge in [-0.1, -0.05) is 25.8 Å². The lowest BCUT2D eigenvalue weighted by Gasteiger charge is -2.41. The van der Waals surface area contributed by atoms with Gasteiger partial charge < -0.3 is 4.90 Å². The maximum atomic E-state index is 12.6. The standard InChI is InChI=1S/C19H22N4O/c1-4-6-9-15-13-14-8-7-11-20-18(14)19(23(15)17(24)5-2)16-10-12-21-22(16)3/h2,7-8,10-12,15,19H,4,6,9,13H2,1,3H3/t15-,19-/m0/s1. The number of rotatable bonds is 4. The molecule has 0 bridgehead atoms. The fourth-order valence-electron chi connectivity index (χ4n) is 3.54. The van der Waals surface area contributed by atoms with Crippen LogP contribution in [0.5, 0.6) is 0 Å². The molecular weight excluding hydrogens is 300 g/mol. The summed E-state index contributed by atoms with van der Waals surface area (Å²) in [6.45, 7) is 2.16. The van der Waals surface area contributed by atoms with Crippen LogP contribution in [0.1, 0.15) is 49.2 Å². The van der Waals surface area contributed by atoms with E-state index < -0.39 is 0 Å². The van der Waals surface area contributed by atoms with Gasteiger partial charge >= 0.3 is 0 Å². The molecule has 0 radical (unpaired) electrons. The number of nitrogens with zero attached hydrogens (tertiary/aromatic N) is 4. The van der Waals surface area contributed by atoms with Crippen molar-refractivity contribution >= 4 is 5.91 Å². The predicted octanol–water partition coefficient (Wildman–Crippen LogP) is 2.48. The molecule has 0 aromatic carbocycles. The zero-order chi connectivity index (χ0) is 17.1. The lowest BCUT2D eigenvalue weighted by Crippen LogP contribution is -2.48. The van der Waals surface area contributed by atoms with Gasteiger partial charge in [-0.25, -0.2) is 0 Å². The summed E-state index contributed by atoms with van der Waals surface area (Å²) >= 11 is 0. The maximum Gasteiger partial charge on any atom is 0.299 e. The van der Waals surface area contributed by atoms with Gasteiger partial charge in [-0.3, -0.25) is 14.5 Å². The molecule has 2 aromatic rings. The Morgan fingerprint density at radius 1 is 1.42 bits per heavy atom. The Kier molecular flexibility index (Phi) is 4.66. The third-order valence-corrected chi connectivity index (χ3v) is 4.70. The molecule has 0 fully saturated rings. The number of hydrogen-bond acceptors (Lipinski definition) is 3. The topological polar surface area (TPSA) is 51.0 Å². The van der Waals surface area contributed by atoms with Crippen molar-refractivity contribution in [1.82, 2.24) is 19.7 Å². The van der Waals surface area contributed by atoms with Crippen molar-refractivity contribution in [3.05, 3.63) is 47.5 Å². The number of terminal acetylenes is 1. The molecule has 0 unspecified atom stereocenters. The normalized spacial score (nSPS) is 19.6. The Balaban J connectivity index is 2.13. The molecule has 24 heavy (non-hydrogen) atoms. The molecule has 3 rings (SSSR count). The second kappa shape index (κ2) is 6.88. The van der Waals surface area contributed by atoms with Crippen molar-refractivity contribution in [2.75, 3.05) is 0 Å².